The van der Waals surface area contributed by atoms with Crippen molar-refractivity contribution in [1.82, 2.24) is 9.80 Å². The first-order valence-electron chi connectivity index (χ1n) is 6.16. The van der Waals surface area contributed by atoms with Crippen molar-refractivity contribution < 1.29 is 5.11 Å². The van der Waals surface area contributed by atoms with E-state index < -0.39 is 0 Å². The lowest BCUT2D eigenvalue weighted by Gasteiger charge is -2.12. The second kappa shape index (κ2) is 15.2. The smallest absolute Gasteiger partial charge is 0.0558 e. The fourth-order valence-corrected chi connectivity index (χ4v) is 1.59. The van der Waals surface area contributed by atoms with Crippen molar-refractivity contribution in [3.8, 4) is 0 Å². The van der Waals surface area contributed by atoms with Crippen LogP contribution in [0, 0.1) is 0 Å². The average Bonchev–Trinajstić information content (AvgIpc) is 2.20. The zero-order chi connectivity index (χ0) is 12.8. The maximum absolute atomic E-state index is 8.42. The van der Waals surface area contributed by atoms with Crippen LogP contribution in [-0.2, 0) is 0 Å². The van der Waals surface area contributed by atoms with Crippen LogP contribution in [0.5, 0.6) is 0 Å². The molecule has 0 rings (SSSR count). The van der Waals surface area contributed by atoms with Crippen LogP contribution >= 0.6 is 11.6 Å². The lowest BCUT2D eigenvalue weighted by molar-refractivity contribution is 0.222. The van der Waals surface area contributed by atoms with E-state index in [0.717, 1.165) is 38.5 Å². The Morgan fingerprint density at radius 3 is 1.62 bits per heavy atom. The van der Waals surface area contributed by atoms with Crippen LogP contribution in [0.1, 0.15) is 26.7 Å². The normalized spacial score (nSPS) is 10.5. The van der Waals surface area contributed by atoms with Gasteiger partial charge < -0.3 is 14.9 Å². The molecule has 0 aliphatic rings. The third kappa shape index (κ3) is 16.6. The molecule has 0 aromatic heterocycles. The molecular weight excluding hydrogens is 224 g/mol. The highest BCUT2D eigenvalue weighted by Crippen LogP contribution is 1.86. The summed E-state index contributed by atoms with van der Waals surface area (Å²) in [4.78, 5) is 4.34. The SMILES string of the molecule is CCCN(C)CCCl.CCCN(C)CCO. The topological polar surface area (TPSA) is 26.7 Å². The molecule has 0 aliphatic heterocycles. The summed E-state index contributed by atoms with van der Waals surface area (Å²) in [7, 11) is 4.10. The highest BCUT2D eigenvalue weighted by Gasteiger charge is 1.91. The Morgan fingerprint density at radius 1 is 0.875 bits per heavy atom. The van der Waals surface area contributed by atoms with Crippen molar-refractivity contribution in [1.29, 1.82) is 0 Å². The second-order valence-electron chi connectivity index (χ2n) is 4.02. The van der Waals surface area contributed by atoms with Gasteiger partial charge >= 0.3 is 0 Å². The molecule has 1 N–H and O–H groups in total. The number of alkyl halides is 1. The first-order valence-corrected chi connectivity index (χ1v) is 6.69. The van der Waals surface area contributed by atoms with E-state index in [2.05, 4.69) is 30.7 Å². The first kappa shape index (κ1) is 18.5. The second-order valence-corrected chi connectivity index (χ2v) is 4.40. The molecule has 0 aromatic rings. The van der Waals surface area contributed by atoms with E-state index in [-0.39, 0.29) is 6.61 Å². The Labute approximate surface area is 106 Å². The number of halogens is 1. The van der Waals surface area contributed by atoms with Crippen molar-refractivity contribution >= 4 is 11.6 Å². The lowest BCUT2D eigenvalue weighted by Crippen LogP contribution is -2.22. The highest BCUT2D eigenvalue weighted by molar-refractivity contribution is 6.18. The molecule has 0 unspecified atom stereocenters. The van der Waals surface area contributed by atoms with Crippen LogP contribution in [-0.4, -0.2) is 67.7 Å². The van der Waals surface area contributed by atoms with E-state index in [9.17, 15) is 0 Å². The third-order valence-corrected chi connectivity index (χ3v) is 2.33. The van der Waals surface area contributed by atoms with E-state index in [1.807, 2.05) is 7.05 Å². The predicted octanol–water partition coefficient (Wildman–Crippen LogP) is 1.89. The number of aliphatic hydroxyl groups excluding tert-OH is 1. The Kier molecular flexibility index (Phi) is 17.6. The molecule has 0 spiro atoms. The van der Waals surface area contributed by atoms with Crippen molar-refractivity contribution in [2.24, 2.45) is 0 Å². The van der Waals surface area contributed by atoms with Gasteiger partial charge in [-0.2, -0.15) is 0 Å². The predicted molar refractivity (Wildman–Crippen MR) is 73.4 cm³/mol. The molecule has 0 radical (unpaired) electrons. The summed E-state index contributed by atoms with van der Waals surface area (Å²) in [6.45, 7) is 8.63. The number of hydrogen-bond acceptors (Lipinski definition) is 3. The quantitative estimate of drug-likeness (QED) is 0.669. The van der Waals surface area contributed by atoms with E-state index in [0.29, 0.717) is 0 Å². The monoisotopic (exact) mass is 252 g/mol. The zero-order valence-electron chi connectivity index (χ0n) is 11.4. The Balaban J connectivity index is 0. The van der Waals surface area contributed by atoms with Gasteiger partial charge in [0.2, 0.25) is 0 Å². The summed E-state index contributed by atoms with van der Waals surface area (Å²) in [5.41, 5.74) is 0. The van der Waals surface area contributed by atoms with Crippen LogP contribution in [0.25, 0.3) is 0 Å². The fraction of sp³-hybridized carbons (Fsp3) is 1.00. The van der Waals surface area contributed by atoms with Crippen LogP contribution in [0.4, 0.5) is 0 Å². The van der Waals surface area contributed by atoms with Gasteiger partial charge in [-0.25, -0.2) is 0 Å². The van der Waals surface area contributed by atoms with Gasteiger partial charge in [0, 0.05) is 19.0 Å². The van der Waals surface area contributed by atoms with Crippen LogP contribution in [0.15, 0.2) is 0 Å². The molecule has 0 saturated carbocycles. The van der Waals surface area contributed by atoms with Crippen molar-refractivity contribution in [3.63, 3.8) is 0 Å². The van der Waals surface area contributed by atoms with Gasteiger partial charge in [0.05, 0.1) is 6.61 Å². The maximum Gasteiger partial charge on any atom is 0.0558 e. The van der Waals surface area contributed by atoms with Gasteiger partial charge in [-0.1, -0.05) is 13.8 Å². The Morgan fingerprint density at radius 2 is 1.31 bits per heavy atom. The Hall–Kier alpha value is 0.170. The zero-order valence-corrected chi connectivity index (χ0v) is 12.1. The molecule has 16 heavy (non-hydrogen) atoms. The number of rotatable bonds is 8. The minimum Gasteiger partial charge on any atom is -0.395 e. The van der Waals surface area contributed by atoms with E-state index in [1.165, 1.54) is 6.42 Å². The molecule has 4 heteroatoms. The van der Waals surface area contributed by atoms with Gasteiger partial charge in [-0.3, -0.25) is 0 Å². The molecule has 3 nitrogen and oxygen atoms in total. The van der Waals surface area contributed by atoms with Gasteiger partial charge in [-0.05, 0) is 40.0 Å². The molecule has 0 saturated heterocycles. The summed E-state index contributed by atoms with van der Waals surface area (Å²) in [6, 6.07) is 0. The van der Waals surface area contributed by atoms with Gasteiger partial charge in [0.15, 0.2) is 0 Å². The Bertz CT molecular complexity index is 99.6. The number of likely N-dealkylation sites (N-methyl/N-ethyl adjacent to an activating group) is 1. The standard InChI is InChI=1S/C6H14ClN.C6H15NO/c1-3-5-8(2)6-4-7;1-3-4-7(2)5-6-8/h3-6H2,1-2H3;8H,3-6H2,1-2H3. The summed E-state index contributed by atoms with van der Waals surface area (Å²) < 4.78 is 0. The first-order chi connectivity index (χ1) is 7.62. The van der Waals surface area contributed by atoms with Crippen LogP contribution in [0.2, 0.25) is 0 Å². The van der Waals surface area contributed by atoms with Crippen molar-refractivity contribution in [2.75, 3.05) is 52.8 Å². The molecule has 0 bridgehead atoms. The molecule has 0 amide bonds. The summed E-state index contributed by atoms with van der Waals surface area (Å²) >= 11 is 5.49. The third-order valence-electron chi connectivity index (χ3n) is 2.16. The van der Waals surface area contributed by atoms with Crippen LogP contribution in [0.3, 0.4) is 0 Å². The number of nitrogens with zero attached hydrogens (tertiary/aromatic N) is 2. The minimum absolute atomic E-state index is 0.274. The summed E-state index contributed by atoms with van der Waals surface area (Å²) in [6.07, 6.45) is 2.38. The van der Waals surface area contributed by atoms with E-state index in [1.54, 1.807) is 0 Å². The van der Waals surface area contributed by atoms with Crippen molar-refractivity contribution in [2.45, 2.75) is 26.7 Å². The number of aliphatic hydroxyl groups is 1. The highest BCUT2D eigenvalue weighted by atomic mass is 35.5. The van der Waals surface area contributed by atoms with Crippen molar-refractivity contribution in [3.05, 3.63) is 0 Å². The molecule has 0 aromatic carbocycles. The fourth-order valence-electron chi connectivity index (χ4n) is 1.30. The minimum atomic E-state index is 0.274. The van der Waals surface area contributed by atoms with Gasteiger partial charge in [-0.15, -0.1) is 11.6 Å². The molecule has 0 atom stereocenters. The van der Waals surface area contributed by atoms with Gasteiger partial charge in [0.25, 0.3) is 0 Å². The summed E-state index contributed by atoms with van der Waals surface area (Å²) in [5.74, 6) is 0.747. The molecule has 0 heterocycles. The van der Waals surface area contributed by atoms with E-state index in [4.69, 9.17) is 16.7 Å². The van der Waals surface area contributed by atoms with E-state index >= 15 is 0 Å². The lowest BCUT2D eigenvalue weighted by atomic mass is 10.4. The average molecular weight is 253 g/mol. The maximum atomic E-state index is 8.42. The molecule has 0 fully saturated rings. The van der Waals surface area contributed by atoms with Crippen LogP contribution < -0.4 is 0 Å². The number of hydrogen-bond donors (Lipinski definition) is 1. The largest absolute Gasteiger partial charge is 0.395 e. The molecular formula is C12H29ClN2O. The summed E-state index contributed by atoms with van der Waals surface area (Å²) in [5, 5.41) is 8.42. The van der Waals surface area contributed by atoms with Gasteiger partial charge in [0.1, 0.15) is 0 Å². The molecule has 100 valence electrons. The molecule has 0 aliphatic carbocycles.